The van der Waals surface area contributed by atoms with Gasteiger partial charge >= 0.3 is 0 Å². The third kappa shape index (κ3) is 3.09. The molecule has 0 unspecified atom stereocenters. The van der Waals surface area contributed by atoms with Gasteiger partial charge in [-0.15, -0.1) is 0 Å². The number of rotatable bonds is 3. The molecule has 3 aromatic rings. The predicted octanol–water partition coefficient (Wildman–Crippen LogP) is 4.10. The average molecular weight is 351 g/mol. The molecule has 1 aliphatic heterocycles. The lowest BCUT2D eigenvalue weighted by Gasteiger charge is -2.30. The third-order valence-electron chi connectivity index (χ3n) is 5.20. The minimum absolute atomic E-state index is 0.0673. The fraction of sp³-hybridized carbons (Fsp3) is 0.333. The first-order valence-electron chi connectivity index (χ1n) is 9.11. The molecule has 0 atom stereocenters. The molecule has 4 rings (SSSR count). The van der Waals surface area contributed by atoms with Crippen LogP contribution in [0.2, 0.25) is 0 Å². The highest BCUT2D eigenvalue weighted by atomic mass is 19.1. The van der Waals surface area contributed by atoms with Crippen molar-refractivity contribution in [2.75, 3.05) is 13.1 Å². The molecule has 4 nitrogen and oxygen atoms in total. The van der Waals surface area contributed by atoms with Crippen molar-refractivity contribution < 1.29 is 9.18 Å². The van der Waals surface area contributed by atoms with Crippen LogP contribution in [0.3, 0.4) is 0 Å². The summed E-state index contributed by atoms with van der Waals surface area (Å²) < 4.78 is 16.2. The van der Waals surface area contributed by atoms with E-state index in [1.54, 1.807) is 18.2 Å². The summed E-state index contributed by atoms with van der Waals surface area (Å²) in [6.07, 6.45) is 2.08. The van der Waals surface area contributed by atoms with Crippen LogP contribution in [0.1, 0.15) is 19.8 Å². The number of likely N-dealkylation sites (tertiary alicyclic amines) is 1. The van der Waals surface area contributed by atoms with Crippen LogP contribution in [0.15, 0.2) is 48.5 Å². The van der Waals surface area contributed by atoms with E-state index >= 15 is 0 Å². The third-order valence-corrected chi connectivity index (χ3v) is 5.20. The summed E-state index contributed by atoms with van der Waals surface area (Å²) in [5.74, 6) is 0.908. The van der Waals surface area contributed by atoms with Crippen molar-refractivity contribution >= 4 is 16.9 Å². The van der Waals surface area contributed by atoms with Gasteiger partial charge in [0.25, 0.3) is 0 Å². The zero-order valence-electron chi connectivity index (χ0n) is 14.9. The SMILES string of the molecule is CC1CCN(C(=O)Cn2c(-c3ccccc3F)nc3ccccc32)CC1. The highest BCUT2D eigenvalue weighted by molar-refractivity contribution is 5.84. The molecule has 1 amide bonds. The Morgan fingerprint density at radius 1 is 1.12 bits per heavy atom. The summed E-state index contributed by atoms with van der Waals surface area (Å²) >= 11 is 0. The lowest BCUT2D eigenvalue weighted by atomic mass is 9.99. The Morgan fingerprint density at radius 2 is 1.81 bits per heavy atom. The Bertz CT molecular complexity index is 941. The smallest absolute Gasteiger partial charge is 0.242 e. The summed E-state index contributed by atoms with van der Waals surface area (Å²) in [5.41, 5.74) is 2.04. The Balaban J connectivity index is 1.72. The van der Waals surface area contributed by atoms with Gasteiger partial charge in [-0.1, -0.05) is 31.2 Å². The summed E-state index contributed by atoms with van der Waals surface area (Å²) in [5, 5.41) is 0. The van der Waals surface area contributed by atoms with E-state index in [1.165, 1.54) is 6.07 Å². The second-order valence-electron chi connectivity index (χ2n) is 7.05. The van der Waals surface area contributed by atoms with Crippen LogP contribution < -0.4 is 0 Å². The number of aromatic nitrogens is 2. The number of piperidine rings is 1. The van der Waals surface area contributed by atoms with E-state index in [-0.39, 0.29) is 18.3 Å². The highest BCUT2D eigenvalue weighted by Crippen LogP contribution is 2.27. The molecule has 1 aromatic heterocycles. The molecule has 0 bridgehead atoms. The van der Waals surface area contributed by atoms with Crippen LogP contribution in [0.5, 0.6) is 0 Å². The maximum Gasteiger partial charge on any atom is 0.242 e. The molecule has 0 N–H and O–H groups in total. The maximum absolute atomic E-state index is 14.4. The molecule has 2 aromatic carbocycles. The van der Waals surface area contributed by atoms with Crippen molar-refractivity contribution in [3.63, 3.8) is 0 Å². The minimum Gasteiger partial charge on any atom is -0.341 e. The van der Waals surface area contributed by atoms with Gasteiger partial charge < -0.3 is 9.47 Å². The average Bonchev–Trinajstić information content (AvgIpc) is 3.01. The van der Waals surface area contributed by atoms with Crippen molar-refractivity contribution in [2.45, 2.75) is 26.3 Å². The molecule has 0 spiro atoms. The first-order chi connectivity index (χ1) is 12.6. The lowest BCUT2D eigenvalue weighted by molar-refractivity contribution is -0.133. The van der Waals surface area contributed by atoms with Crippen LogP contribution in [0.25, 0.3) is 22.4 Å². The van der Waals surface area contributed by atoms with E-state index in [1.807, 2.05) is 33.7 Å². The molecule has 1 aliphatic rings. The molecule has 134 valence electrons. The van der Waals surface area contributed by atoms with Crippen molar-refractivity contribution in [3.05, 3.63) is 54.3 Å². The summed E-state index contributed by atoms with van der Waals surface area (Å²) in [4.78, 5) is 19.4. The van der Waals surface area contributed by atoms with Crippen LogP contribution in [-0.2, 0) is 11.3 Å². The second kappa shape index (κ2) is 6.90. The van der Waals surface area contributed by atoms with Gasteiger partial charge in [0.2, 0.25) is 5.91 Å². The van der Waals surface area contributed by atoms with Gasteiger partial charge in [0.15, 0.2) is 0 Å². The zero-order chi connectivity index (χ0) is 18.1. The fourth-order valence-corrected chi connectivity index (χ4v) is 3.58. The van der Waals surface area contributed by atoms with E-state index in [0.29, 0.717) is 17.3 Å². The van der Waals surface area contributed by atoms with Gasteiger partial charge in [-0.2, -0.15) is 0 Å². The van der Waals surface area contributed by atoms with E-state index in [9.17, 15) is 9.18 Å². The molecular weight excluding hydrogens is 329 g/mol. The number of imidazole rings is 1. The van der Waals surface area contributed by atoms with Crippen LogP contribution in [0, 0.1) is 11.7 Å². The van der Waals surface area contributed by atoms with E-state index < -0.39 is 0 Å². The van der Waals surface area contributed by atoms with Crippen molar-refractivity contribution in [1.82, 2.24) is 14.5 Å². The number of hydrogen-bond acceptors (Lipinski definition) is 2. The Hall–Kier alpha value is -2.69. The lowest BCUT2D eigenvalue weighted by Crippen LogP contribution is -2.39. The number of nitrogens with zero attached hydrogens (tertiary/aromatic N) is 3. The quantitative estimate of drug-likeness (QED) is 0.712. The molecule has 1 saturated heterocycles. The number of amides is 1. The Kier molecular flexibility index (Phi) is 4.45. The number of fused-ring (bicyclic) bond motifs is 1. The standard InChI is InChI=1S/C21H22FN3O/c1-15-10-12-24(13-11-15)20(26)14-25-19-9-5-4-8-18(19)23-21(25)16-6-2-3-7-17(16)22/h2-9,15H,10-14H2,1H3. The molecule has 5 heteroatoms. The highest BCUT2D eigenvalue weighted by Gasteiger charge is 2.23. The fourth-order valence-electron chi connectivity index (χ4n) is 3.58. The van der Waals surface area contributed by atoms with Crippen molar-refractivity contribution in [2.24, 2.45) is 5.92 Å². The number of carbonyl (C=O) groups excluding carboxylic acids is 1. The normalized spacial score (nSPS) is 15.5. The number of para-hydroxylation sites is 2. The summed E-state index contributed by atoms with van der Waals surface area (Å²) in [6, 6.07) is 14.2. The molecule has 0 radical (unpaired) electrons. The molecular formula is C21H22FN3O. The van der Waals surface area contributed by atoms with Crippen LogP contribution >= 0.6 is 0 Å². The van der Waals surface area contributed by atoms with Crippen molar-refractivity contribution in [3.8, 4) is 11.4 Å². The summed E-state index contributed by atoms with van der Waals surface area (Å²) in [6.45, 7) is 3.99. The van der Waals surface area contributed by atoms with Crippen molar-refractivity contribution in [1.29, 1.82) is 0 Å². The van der Waals surface area contributed by atoms with Gasteiger partial charge in [-0.3, -0.25) is 4.79 Å². The number of carbonyl (C=O) groups is 1. The second-order valence-corrected chi connectivity index (χ2v) is 7.05. The van der Waals surface area contributed by atoms with Crippen LogP contribution in [0.4, 0.5) is 4.39 Å². The maximum atomic E-state index is 14.4. The van der Waals surface area contributed by atoms with Gasteiger partial charge in [0.1, 0.15) is 18.2 Å². The predicted molar refractivity (Wildman–Crippen MR) is 100 cm³/mol. The minimum atomic E-state index is -0.330. The number of halogens is 1. The topological polar surface area (TPSA) is 38.1 Å². The van der Waals surface area contributed by atoms with E-state index in [0.717, 1.165) is 37.0 Å². The van der Waals surface area contributed by atoms with Gasteiger partial charge in [-0.05, 0) is 43.0 Å². The summed E-state index contributed by atoms with van der Waals surface area (Å²) in [7, 11) is 0. The first-order valence-corrected chi connectivity index (χ1v) is 9.11. The van der Waals surface area contributed by atoms with Gasteiger partial charge in [0, 0.05) is 13.1 Å². The Labute approximate surface area is 152 Å². The van der Waals surface area contributed by atoms with E-state index in [4.69, 9.17) is 0 Å². The molecule has 2 heterocycles. The Morgan fingerprint density at radius 3 is 2.58 bits per heavy atom. The largest absolute Gasteiger partial charge is 0.341 e. The first kappa shape index (κ1) is 16.8. The zero-order valence-corrected chi connectivity index (χ0v) is 14.9. The monoisotopic (exact) mass is 351 g/mol. The molecule has 0 aliphatic carbocycles. The number of benzene rings is 2. The van der Waals surface area contributed by atoms with Gasteiger partial charge in [-0.25, -0.2) is 9.37 Å². The molecule has 1 fully saturated rings. The number of hydrogen-bond donors (Lipinski definition) is 0. The van der Waals surface area contributed by atoms with E-state index in [2.05, 4.69) is 11.9 Å². The van der Waals surface area contributed by atoms with Gasteiger partial charge in [0.05, 0.1) is 16.6 Å². The molecule has 0 saturated carbocycles. The molecule has 26 heavy (non-hydrogen) atoms. The van der Waals surface area contributed by atoms with Crippen LogP contribution in [-0.4, -0.2) is 33.4 Å².